The highest BCUT2D eigenvalue weighted by molar-refractivity contribution is 6.07. The number of pyridine rings is 2. The third-order valence-electron chi connectivity index (χ3n) is 6.48. The van der Waals surface area contributed by atoms with Gasteiger partial charge in [-0.3, -0.25) is 4.79 Å². The molecular formula is C27H28F5N5O2. The van der Waals surface area contributed by atoms with Crippen molar-refractivity contribution in [2.24, 2.45) is 5.92 Å². The van der Waals surface area contributed by atoms with Gasteiger partial charge in [-0.15, -0.1) is 0 Å². The minimum atomic E-state index is -5.72. The maximum atomic E-state index is 13.5. The Balaban J connectivity index is 1.36. The van der Waals surface area contributed by atoms with Gasteiger partial charge in [0.1, 0.15) is 5.82 Å². The molecule has 2 aromatic heterocycles. The largest absolute Gasteiger partial charge is 0.477 e. The molecule has 0 saturated carbocycles. The molecule has 1 aliphatic rings. The number of carbonyl (C=O) groups excluding carboxylic acids is 1. The molecule has 1 fully saturated rings. The number of alkyl halides is 5. The minimum Gasteiger partial charge on any atom is -0.477 e. The predicted molar refractivity (Wildman–Crippen MR) is 136 cm³/mol. The molecule has 7 nitrogen and oxygen atoms in total. The van der Waals surface area contributed by atoms with E-state index in [1.54, 1.807) is 18.3 Å². The van der Waals surface area contributed by atoms with Gasteiger partial charge in [0.05, 0.1) is 12.2 Å². The van der Waals surface area contributed by atoms with Gasteiger partial charge in [0.25, 0.3) is 5.91 Å². The van der Waals surface area contributed by atoms with Gasteiger partial charge >= 0.3 is 12.1 Å². The van der Waals surface area contributed by atoms with Gasteiger partial charge in [-0.25, -0.2) is 9.97 Å². The number of carbonyl (C=O) groups is 1. The Bertz CT molecular complexity index is 1260. The van der Waals surface area contributed by atoms with Gasteiger partial charge in [0.2, 0.25) is 5.88 Å². The van der Waals surface area contributed by atoms with Gasteiger partial charge in [-0.1, -0.05) is 12.1 Å². The standard InChI is InChI=1S/C27H28F5N5O2/c1-37-13-9-18(10-14-37)17-39-23-15-19(8-12-33-23)16-35-24-22(3-2-11-34-24)25(38)36-21-6-4-20(5-7-21)26(28,29)27(30,31)32/h2-8,11-12,15,18H,9-10,13-14,16-17H2,1H3,(H,34,35)(H,36,38). The van der Waals surface area contributed by atoms with Crippen LogP contribution in [0.5, 0.6) is 5.88 Å². The number of rotatable bonds is 9. The normalized spacial score (nSPS) is 15.1. The zero-order chi connectivity index (χ0) is 28.0. The summed E-state index contributed by atoms with van der Waals surface area (Å²) in [6.07, 6.45) is -0.434. The fourth-order valence-electron chi connectivity index (χ4n) is 4.11. The number of amides is 1. The molecule has 0 unspecified atom stereocenters. The lowest BCUT2D eigenvalue weighted by Gasteiger charge is -2.28. The number of nitrogens with zero attached hydrogens (tertiary/aromatic N) is 3. The Morgan fingerprint density at radius 3 is 2.44 bits per heavy atom. The summed E-state index contributed by atoms with van der Waals surface area (Å²) in [5.74, 6) is -4.36. The smallest absolute Gasteiger partial charge is 0.458 e. The van der Waals surface area contributed by atoms with E-state index in [0.717, 1.165) is 43.6 Å². The van der Waals surface area contributed by atoms with Crippen molar-refractivity contribution in [1.29, 1.82) is 0 Å². The molecule has 208 valence electrons. The van der Waals surface area contributed by atoms with E-state index in [0.29, 0.717) is 37.1 Å². The molecule has 1 amide bonds. The van der Waals surface area contributed by atoms with E-state index >= 15 is 0 Å². The number of hydrogen-bond acceptors (Lipinski definition) is 6. The van der Waals surface area contributed by atoms with Crippen LogP contribution in [-0.2, 0) is 12.5 Å². The lowest BCUT2D eigenvalue weighted by Crippen LogP contribution is -2.33. The first kappa shape index (κ1) is 28.2. The van der Waals surface area contributed by atoms with Crippen LogP contribution in [-0.4, -0.2) is 53.7 Å². The maximum absolute atomic E-state index is 13.5. The van der Waals surface area contributed by atoms with Crippen LogP contribution in [0.2, 0.25) is 0 Å². The molecule has 0 atom stereocenters. The molecule has 2 N–H and O–H groups in total. The van der Waals surface area contributed by atoms with Crippen molar-refractivity contribution < 1.29 is 31.5 Å². The van der Waals surface area contributed by atoms with Crippen LogP contribution >= 0.6 is 0 Å². The van der Waals surface area contributed by atoms with Crippen molar-refractivity contribution in [2.45, 2.75) is 31.5 Å². The molecule has 12 heteroatoms. The quantitative estimate of drug-likeness (QED) is 0.333. The molecule has 39 heavy (non-hydrogen) atoms. The highest BCUT2D eigenvalue weighted by Crippen LogP contribution is 2.43. The number of nitrogens with one attached hydrogen (secondary N) is 2. The Kier molecular flexibility index (Phi) is 8.63. The van der Waals surface area contributed by atoms with E-state index in [4.69, 9.17) is 4.74 Å². The second-order valence-corrected chi connectivity index (χ2v) is 9.42. The Hall–Kier alpha value is -3.80. The van der Waals surface area contributed by atoms with E-state index in [1.165, 1.54) is 12.3 Å². The molecule has 1 aromatic carbocycles. The van der Waals surface area contributed by atoms with Crippen LogP contribution < -0.4 is 15.4 Å². The SMILES string of the molecule is CN1CCC(COc2cc(CNc3ncccc3C(=O)Nc3ccc(C(F)(F)C(F)(F)F)cc3)ccn2)CC1. The van der Waals surface area contributed by atoms with Crippen LogP contribution in [0, 0.1) is 5.92 Å². The summed E-state index contributed by atoms with van der Waals surface area (Å²) in [4.78, 5) is 23.6. The summed E-state index contributed by atoms with van der Waals surface area (Å²) < 4.78 is 70.7. The highest BCUT2D eigenvalue weighted by Gasteiger charge is 2.58. The Labute approximate surface area is 222 Å². The topological polar surface area (TPSA) is 79.4 Å². The fraction of sp³-hybridized carbons (Fsp3) is 0.370. The maximum Gasteiger partial charge on any atom is 0.458 e. The van der Waals surface area contributed by atoms with Gasteiger partial charge < -0.3 is 20.3 Å². The number of likely N-dealkylation sites (tertiary alicyclic amines) is 1. The molecular weight excluding hydrogens is 521 g/mol. The lowest BCUT2D eigenvalue weighted by atomic mass is 9.98. The van der Waals surface area contributed by atoms with Crippen molar-refractivity contribution in [3.63, 3.8) is 0 Å². The first-order valence-electron chi connectivity index (χ1n) is 12.3. The number of halogens is 5. The van der Waals surface area contributed by atoms with Crippen LogP contribution in [0.25, 0.3) is 0 Å². The third kappa shape index (κ3) is 7.20. The van der Waals surface area contributed by atoms with E-state index in [9.17, 15) is 26.7 Å². The minimum absolute atomic E-state index is 0.0528. The van der Waals surface area contributed by atoms with Crippen molar-refractivity contribution in [2.75, 3.05) is 37.4 Å². The van der Waals surface area contributed by atoms with E-state index in [2.05, 4.69) is 32.5 Å². The number of aromatic nitrogens is 2. The van der Waals surface area contributed by atoms with E-state index in [1.807, 2.05) is 6.07 Å². The number of hydrogen-bond donors (Lipinski definition) is 2. The Morgan fingerprint density at radius 1 is 1.03 bits per heavy atom. The summed E-state index contributed by atoms with van der Waals surface area (Å²) in [5.41, 5.74) is -0.155. The molecule has 0 bridgehead atoms. The summed E-state index contributed by atoms with van der Waals surface area (Å²) in [5, 5.41) is 5.59. The summed E-state index contributed by atoms with van der Waals surface area (Å²) in [6, 6.07) is 9.90. The predicted octanol–water partition coefficient (Wildman–Crippen LogP) is 5.72. The van der Waals surface area contributed by atoms with E-state index in [-0.39, 0.29) is 17.1 Å². The number of benzene rings is 1. The zero-order valence-corrected chi connectivity index (χ0v) is 21.1. The van der Waals surface area contributed by atoms with Crippen molar-refractivity contribution in [1.82, 2.24) is 14.9 Å². The fourth-order valence-corrected chi connectivity index (χ4v) is 4.11. The van der Waals surface area contributed by atoms with Crippen LogP contribution in [0.15, 0.2) is 60.9 Å². The van der Waals surface area contributed by atoms with Crippen LogP contribution in [0.4, 0.5) is 33.5 Å². The first-order chi connectivity index (χ1) is 18.5. The lowest BCUT2D eigenvalue weighted by molar-refractivity contribution is -0.289. The van der Waals surface area contributed by atoms with Gasteiger partial charge in [-0.05, 0) is 74.8 Å². The third-order valence-corrected chi connectivity index (χ3v) is 6.48. The molecule has 3 aromatic rings. The molecule has 1 saturated heterocycles. The summed E-state index contributed by atoms with van der Waals surface area (Å²) >= 11 is 0. The molecule has 0 spiro atoms. The number of ether oxygens (including phenoxy) is 1. The molecule has 4 rings (SSSR count). The molecule has 0 aliphatic carbocycles. The van der Waals surface area contributed by atoms with Gasteiger partial charge in [0.15, 0.2) is 0 Å². The van der Waals surface area contributed by atoms with Crippen molar-refractivity contribution in [3.8, 4) is 5.88 Å². The molecule has 1 aliphatic heterocycles. The summed E-state index contributed by atoms with van der Waals surface area (Å²) in [7, 11) is 2.11. The first-order valence-corrected chi connectivity index (χ1v) is 12.3. The highest BCUT2D eigenvalue weighted by atomic mass is 19.4. The Morgan fingerprint density at radius 2 is 1.74 bits per heavy atom. The van der Waals surface area contributed by atoms with Crippen molar-refractivity contribution in [3.05, 3.63) is 77.6 Å². The summed E-state index contributed by atoms with van der Waals surface area (Å²) in [6.45, 7) is 3.00. The average molecular weight is 550 g/mol. The van der Waals surface area contributed by atoms with E-state index < -0.39 is 23.6 Å². The average Bonchev–Trinajstić information content (AvgIpc) is 2.91. The van der Waals surface area contributed by atoms with Crippen LogP contribution in [0.3, 0.4) is 0 Å². The second kappa shape index (κ2) is 11.9. The van der Waals surface area contributed by atoms with Gasteiger partial charge in [-0.2, -0.15) is 22.0 Å². The van der Waals surface area contributed by atoms with Gasteiger partial charge in [0, 0.05) is 36.3 Å². The molecule has 3 heterocycles. The zero-order valence-electron chi connectivity index (χ0n) is 21.1. The van der Waals surface area contributed by atoms with Crippen LogP contribution in [0.1, 0.15) is 34.3 Å². The van der Waals surface area contributed by atoms with Crippen molar-refractivity contribution >= 4 is 17.4 Å². The molecule has 0 radical (unpaired) electrons. The monoisotopic (exact) mass is 549 g/mol. The number of piperidine rings is 1. The number of anilines is 2. The second-order valence-electron chi connectivity index (χ2n) is 9.42.